The number of nitrogens with zero attached hydrogens (tertiary/aromatic N) is 4. The first-order valence-electron chi connectivity index (χ1n) is 14.5. The molecule has 0 unspecified atom stereocenters. The van der Waals surface area contributed by atoms with Crippen molar-refractivity contribution in [1.82, 2.24) is 24.8 Å². The number of hydrogen-bond donors (Lipinski definition) is 2. The lowest BCUT2D eigenvalue weighted by molar-refractivity contribution is -0.131. The van der Waals surface area contributed by atoms with Gasteiger partial charge in [0.1, 0.15) is 13.2 Å². The summed E-state index contributed by atoms with van der Waals surface area (Å²) in [6, 6.07) is 24.3. The van der Waals surface area contributed by atoms with Gasteiger partial charge in [-0.05, 0) is 41.3 Å². The fourth-order valence-corrected chi connectivity index (χ4v) is 5.47. The highest BCUT2D eigenvalue weighted by Crippen LogP contribution is 2.44. The number of imidazole rings is 1. The van der Waals surface area contributed by atoms with Gasteiger partial charge in [0.25, 0.3) is 5.91 Å². The fourth-order valence-electron chi connectivity index (χ4n) is 5.47. The minimum absolute atomic E-state index is 0.0508. The number of fused-ring (bicyclic) bond motifs is 4. The molecule has 0 aliphatic heterocycles. The Morgan fingerprint density at radius 1 is 0.956 bits per heavy atom. The number of amides is 3. The summed E-state index contributed by atoms with van der Waals surface area (Å²) in [5.74, 6) is -0.838. The van der Waals surface area contributed by atoms with Crippen LogP contribution < -0.4 is 16.3 Å². The van der Waals surface area contributed by atoms with Crippen molar-refractivity contribution in [2.75, 3.05) is 31.6 Å². The molecule has 3 amide bonds. The molecule has 6 rings (SSSR count). The highest BCUT2D eigenvalue weighted by molar-refractivity contribution is 6.03. The zero-order valence-corrected chi connectivity index (χ0v) is 24.4. The molecule has 2 heterocycles. The molecule has 5 aromatic rings. The van der Waals surface area contributed by atoms with Gasteiger partial charge >= 0.3 is 17.7 Å². The van der Waals surface area contributed by atoms with Crippen molar-refractivity contribution in [2.45, 2.75) is 19.4 Å². The normalized spacial score (nSPS) is 11.9. The van der Waals surface area contributed by atoms with E-state index in [4.69, 9.17) is 9.15 Å². The summed E-state index contributed by atoms with van der Waals surface area (Å²) in [6.07, 6.45) is 0.750. The van der Waals surface area contributed by atoms with Crippen molar-refractivity contribution >= 4 is 35.1 Å². The number of hydrogen-bond acceptors (Lipinski definition) is 8. The van der Waals surface area contributed by atoms with Crippen LogP contribution in [0.2, 0.25) is 0 Å². The van der Waals surface area contributed by atoms with E-state index in [-0.39, 0.29) is 55.2 Å². The SMILES string of the molecule is CCN(CCNC(=O)OCC1c2ccccc2-c2ccccc21)C(=O)Cn1cnc2c(=O)oc(NC(=O)c3ccccc3)nc21. The van der Waals surface area contributed by atoms with Crippen molar-refractivity contribution < 1.29 is 23.5 Å². The highest BCUT2D eigenvalue weighted by Gasteiger charge is 2.29. The van der Waals surface area contributed by atoms with Crippen molar-refractivity contribution in [1.29, 1.82) is 0 Å². The second-order valence-corrected chi connectivity index (χ2v) is 10.4. The summed E-state index contributed by atoms with van der Waals surface area (Å²) >= 11 is 0. The van der Waals surface area contributed by atoms with Crippen LogP contribution in [0.3, 0.4) is 0 Å². The van der Waals surface area contributed by atoms with Gasteiger partial charge in [-0.1, -0.05) is 66.7 Å². The van der Waals surface area contributed by atoms with Crippen LogP contribution in [0.1, 0.15) is 34.3 Å². The van der Waals surface area contributed by atoms with E-state index in [1.807, 2.05) is 31.2 Å². The average Bonchev–Trinajstić information content (AvgIpc) is 3.61. The van der Waals surface area contributed by atoms with Gasteiger partial charge < -0.3 is 23.9 Å². The molecule has 0 radical (unpaired) electrons. The quantitative estimate of drug-likeness (QED) is 0.242. The summed E-state index contributed by atoms with van der Waals surface area (Å²) in [5.41, 5.74) is 4.13. The van der Waals surface area contributed by atoms with Gasteiger partial charge in [0.05, 0.1) is 6.33 Å². The third-order valence-corrected chi connectivity index (χ3v) is 7.69. The van der Waals surface area contributed by atoms with Gasteiger partial charge in [-0.15, -0.1) is 0 Å². The Morgan fingerprint density at radius 2 is 1.62 bits per heavy atom. The lowest BCUT2D eigenvalue weighted by atomic mass is 9.98. The largest absolute Gasteiger partial charge is 0.449 e. The first-order chi connectivity index (χ1) is 21.9. The number of anilines is 1. The topological polar surface area (TPSA) is 149 Å². The molecule has 2 aromatic heterocycles. The summed E-state index contributed by atoms with van der Waals surface area (Å²) in [6.45, 7) is 2.64. The third kappa shape index (κ3) is 6.16. The Bertz CT molecular complexity index is 1890. The zero-order chi connectivity index (χ0) is 31.3. The van der Waals surface area contributed by atoms with Gasteiger partial charge in [-0.2, -0.15) is 4.98 Å². The molecule has 0 bridgehead atoms. The Kier molecular flexibility index (Phi) is 8.36. The number of alkyl carbamates (subject to hydrolysis) is 1. The molecule has 1 aliphatic rings. The maximum atomic E-state index is 13.2. The predicted octanol–water partition coefficient (Wildman–Crippen LogP) is 4.02. The number of carbonyl (C=O) groups excluding carboxylic acids is 3. The van der Waals surface area contributed by atoms with Crippen LogP contribution in [0.25, 0.3) is 22.3 Å². The van der Waals surface area contributed by atoms with Gasteiger partial charge in [-0.3, -0.25) is 14.9 Å². The van der Waals surface area contributed by atoms with Gasteiger partial charge in [0.15, 0.2) is 11.2 Å². The molecule has 1 aliphatic carbocycles. The zero-order valence-electron chi connectivity index (χ0n) is 24.4. The van der Waals surface area contributed by atoms with Crippen molar-refractivity contribution in [2.24, 2.45) is 0 Å². The van der Waals surface area contributed by atoms with E-state index in [2.05, 4.69) is 44.9 Å². The number of benzene rings is 3. The number of nitrogens with one attached hydrogen (secondary N) is 2. The van der Waals surface area contributed by atoms with E-state index in [1.54, 1.807) is 35.2 Å². The maximum Gasteiger partial charge on any atom is 0.407 e. The molecule has 0 spiro atoms. The Balaban J connectivity index is 1.04. The summed E-state index contributed by atoms with van der Waals surface area (Å²) in [7, 11) is 0. The molecular weight excluding hydrogens is 576 g/mol. The third-order valence-electron chi connectivity index (χ3n) is 7.69. The molecule has 228 valence electrons. The number of rotatable bonds is 10. The summed E-state index contributed by atoms with van der Waals surface area (Å²) < 4.78 is 12.1. The van der Waals surface area contributed by atoms with Crippen LogP contribution >= 0.6 is 0 Å². The molecule has 0 saturated carbocycles. The number of aromatic nitrogens is 3. The predicted molar refractivity (Wildman–Crippen MR) is 166 cm³/mol. The maximum absolute atomic E-state index is 13.2. The Morgan fingerprint density at radius 3 is 2.31 bits per heavy atom. The lowest BCUT2D eigenvalue weighted by Gasteiger charge is -2.21. The van der Waals surface area contributed by atoms with Gasteiger partial charge in [-0.25, -0.2) is 14.6 Å². The summed E-state index contributed by atoms with van der Waals surface area (Å²) in [4.78, 5) is 60.5. The van der Waals surface area contributed by atoms with Crippen molar-refractivity contribution in [3.05, 3.63) is 112 Å². The molecular formula is C33H30N6O6. The first-order valence-corrected chi connectivity index (χ1v) is 14.5. The lowest BCUT2D eigenvalue weighted by Crippen LogP contribution is -2.40. The Labute approximate surface area is 257 Å². The van der Waals surface area contributed by atoms with Crippen LogP contribution in [0.4, 0.5) is 10.8 Å². The molecule has 12 heteroatoms. The van der Waals surface area contributed by atoms with Crippen molar-refractivity contribution in [3.63, 3.8) is 0 Å². The molecule has 2 N–H and O–H groups in total. The summed E-state index contributed by atoms with van der Waals surface area (Å²) in [5, 5.41) is 5.20. The Hall–Kier alpha value is -5.78. The van der Waals surface area contributed by atoms with E-state index in [9.17, 15) is 19.2 Å². The van der Waals surface area contributed by atoms with Crippen LogP contribution in [0.15, 0.2) is 94.4 Å². The second-order valence-electron chi connectivity index (χ2n) is 10.4. The monoisotopic (exact) mass is 606 g/mol. The van der Waals surface area contributed by atoms with E-state index >= 15 is 0 Å². The van der Waals surface area contributed by atoms with Crippen LogP contribution in [-0.2, 0) is 16.1 Å². The molecule has 12 nitrogen and oxygen atoms in total. The smallest absolute Gasteiger partial charge is 0.407 e. The highest BCUT2D eigenvalue weighted by atomic mass is 16.5. The molecule has 0 saturated heterocycles. The van der Waals surface area contributed by atoms with Gasteiger partial charge in [0.2, 0.25) is 5.91 Å². The van der Waals surface area contributed by atoms with Crippen molar-refractivity contribution in [3.8, 4) is 11.1 Å². The van der Waals surface area contributed by atoms with E-state index in [0.717, 1.165) is 22.3 Å². The van der Waals surface area contributed by atoms with Crippen LogP contribution in [0, 0.1) is 0 Å². The molecule has 0 fully saturated rings. The van der Waals surface area contributed by atoms with E-state index < -0.39 is 17.6 Å². The number of carbonyl (C=O) groups is 3. The number of likely N-dealkylation sites (N-methyl/N-ethyl adjacent to an activating group) is 1. The van der Waals surface area contributed by atoms with Crippen LogP contribution in [-0.4, -0.2) is 63.6 Å². The number of ether oxygens (including phenoxy) is 1. The first kappa shape index (κ1) is 29.3. The van der Waals surface area contributed by atoms with E-state index in [1.165, 1.54) is 10.9 Å². The van der Waals surface area contributed by atoms with Gasteiger partial charge in [0, 0.05) is 31.1 Å². The molecule has 45 heavy (non-hydrogen) atoms. The average molecular weight is 607 g/mol. The second kappa shape index (κ2) is 12.8. The molecule has 3 aromatic carbocycles. The van der Waals surface area contributed by atoms with E-state index in [0.29, 0.717) is 12.1 Å². The minimum Gasteiger partial charge on any atom is -0.449 e. The fraction of sp³-hybridized carbons (Fsp3) is 0.212. The minimum atomic E-state index is -0.797. The standard InChI is InChI=1S/C33H30N6O6/c1-2-38(17-16-34-33(43)44-19-26-24-14-8-6-12-22(24)23-13-7-9-15-25(23)26)27(40)18-39-20-35-28-29(39)36-32(45-31(28)42)37-30(41)21-10-4-3-5-11-21/h3-15,20,26H,2,16-19H2,1H3,(H,34,43)(H,36,37,41). The van der Waals surface area contributed by atoms with Crippen LogP contribution in [0.5, 0.6) is 0 Å². The molecule has 0 atom stereocenters.